The maximum atomic E-state index is 12.6. The van der Waals surface area contributed by atoms with E-state index >= 15 is 0 Å². The topological polar surface area (TPSA) is 92.8 Å². The normalized spacial score (nSPS) is 15.7. The van der Waals surface area contributed by atoms with Crippen LogP contribution in [0, 0.1) is 6.92 Å². The van der Waals surface area contributed by atoms with Gasteiger partial charge in [0, 0.05) is 12.1 Å². The highest BCUT2D eigenvalue weighted by atomic mass is 32.2. The molecule has 2 aromatic carbocycles. The van der Waals surface area contributed by atoms with Gasteiger partial charge in [0.15, 0.2) is 0 Å². The molecule has 0 atom stereocenters. The largest absolute Gasteiger partial charge is 0.465 e. The van der Waals surface area contributed by atoms with Crippen molar-refractivity contribution in [1.29, 1.82) is 0 Å². The fraction of sp³-hybridized carbons (Fsp3) is 0.300. The maximum absolute atomic E-state index is 12.6. The van der Waals surface area contributed by atoms with Crippen LogP contribution in [0.1, 0.15) is 39.1 Å². The summed E-state index contributed by atoms with van der Waals surface area (Å²) in [5.74, 6) is -0.802. The van der Waals surface area contributed by atoms with Crippen molar-refractivity contribution in [2.75, 3.05) is 29.0 Å². The number of amides is 1. The molecular weight excluding hydrogens is 380 g/mol. The van der Waals surface area contributed by atoms with Gasteiger partial charge in [-0.25, -0.2) is 13.2 Å². The summed E-state index contributed by atoms with van der Waals surface area (Å²) in [6, 6.07) is 11.5. The molecule has 1 aliphatic heterocycles. The van der Waals surface area contributed by atoms with Gasteiger partial charge in [-0.3, -0.25) is 9.10 Å². The lowest BCUT2D eigenvalue weighted by Crippen LogP contribution is -2.38. The molecule has 1 heterocycles. The van der Waals surface area contributed by atoms with Crippen molar-refractivity contribution in [2.24, 2.45) is 0 Å². The minimum atomic E-state index is -3.32. The van der Waals surface area contributed by atoms with Crippen LogP contribution >= 0.6 is 0 Å². The molecule has 3 rings (SSSR count). The number of para-hydroxylation sites is 1. The van der Waals surface area contributed by atoms with E-state index in [1.165, 1.54) is 11.4 Å². The van der Waals surface area contributed by atoms with Gasteiger partial charge in [-0.1, -0.05) is 12.1 Å². The van der Waals surface area contributed by atoms with E-state index in [0.29, 0.717) is 35.5 Å². The fourth-order valence-corrected chi connectivity index (χ4v) is 4.91. The van der Waals surface area contributed by atoms with Crippen molar-refractivity contribution in [3.63, 3.8) is 0 Å². The average Bonchev–Trinajstić information content (AvgIpc) is 2.68. The first kappa shape index (κ1) is 19.9. The Morgan fingerprint density at radius 3 is 2.54 bits per heavy atom. The van der Waals surface area contributed by atoms with Gasteiger partial charge in [0.2, 0.25) is 10.0 Å². The van der Waals surface area contributed by atoms with Crippen LogP contribution in [-0.2, 0) is 14.8 Å². The summed E-state index contributed by atoms with van der Waals surface area (Å²) < 4.78 is 30.8. The molecule has 1 amide bonds. The lowest BCUT2D eigenvalue weighted by Gasteiger charge is -2.29. The number of methoxy groups -OCH3 is 1. The zero-order valence-corrected chi connectivity index (χ0v) is 16.6. The number of hydrogen-bond donors (Lipinski definition) is 1. The summed E-state index contributed by atoms with van der Waals surface area (Å²) in [6.45, 7) is 2.22. The number of esters is 1. The Hall–Kier alpha value is -2.87. The van der Waals surface area contributed by atoms with Crippen LogP contribution in [0.3, 0.4) is 0 Å². The molecule has 0 aliphatic carbocycles. The molecule has 1 aliphatic rings. The molecule has 0 spiro atoms. The summed E-state index contributed by atoms with van der Waals surface area (Å²) in [5, 5.41) is 2.71. The highest BCUT2D eigenvalue weighted by Gasteiger charge is 2.27. The van der Waals surface area contributed by atoms with Crippen molar-refractivity contribution in [3.8, 4) is 0 Å². The van der Waals surface area contributed by atoms with E-state index in [0.717, 1.165) is 6.42 Å². The van der Waals surface area contributed by atoms with Gasteiger partial charge in [-0.15, -0.1) is 0 Å². The van der Waals surface area contributed by atoms with Gasteiger partial charge in [0.25, 0.3) is 5.91 Å². The first-order valence-electron chi connectivity index (χ1n) is 8.93. The van der Waals surface area contributed by atoms with Crippen molar-refractivity contribution in [3.05, 3.63) is 59.2 Å². The number of ether oxygens (including phenoxy) is 1. The van der Waals surface area contributed by atoms with Gasteiger partial charge in [-0.2, -0.15) is 0 Å². The minimum Gasteiger partial charge on any atom is -0.465 e. The molecule has 1 saturated heterocycles. The number of hydrogen-bond acceptors (Lipinski definition) is 5. The van der Waals surface area contributed by atoms with Crippen LogP contribution in [0.4, 0.5) is 11.4 Å². The maximum Gasteiger partial charge on any atom is 0.339 e. The number of anilines is 2. The molecule has 7 nitrogen and oxygen atoms in total. The van der Waals surface area contributed by atoms with Gasteiger partial charge in [0.1, 0.15) is 0 Å². The van der Waals surface area contributed by atoms with Crippen LogP contribution in [0.25, 0.3) is 0 Å². The number of rotatable bonds is 4. The first-order chi connectivity index (χ1) is 13.3. The Morgan fingerprint density at radius 1 is 1.11 bits per heavy atom. The number of benzene rings is 2. The predicted molar refractivity (Wildman–Crippen MR) is 107 cm³/mol. The van der Waals surface area contributed by atoms with E-state index < -0.39 is 21.9 Å². The Labute approximate surface area is 164 Å². The monoisotopic (exact) mass is 402 g/mol. The predicted octanol–water partition coefficient (Wildman–Crippen LogP) is 2.96. The molecule has 0 saturated carbocycles. The highest BCUT2D eigenvalue weighted by Crippen LogP contribution is 2.28. The van der Waals surface area contributed by atoms with Crippen molar-refractivity contribution in [1.82, 2.24) is 0 Å². The van der Waals surface area contributed by atoms with Gasteiger partial charge >= 0.3 is 5.97 Å². The molecule has 28 heavy (non-hydrogen) atoms. The molecule has 0 bridgehead atoms. The van der Waals surface area contributed by atoms with Crippen molar-refractivity contribution in [2.45, 2.75) is 19.8 Å². The molecule has 0 radical (unpaired) electrons. The molecule has 1 N–H and O–H groups in total. The number of carbonyl (C=O) groups is 2. The van der Waals surface area contributed by atoms with Gasteiger partial charge < -0.3 is 10.1 Å². The summed E-state index contributed by atoms with van der Waals surface area (Å²) in [5.41, 5.74) is 2.26. The fourth-order valence-electron chi connectivity index (χ4n) is 3.21. The number of carbonyl (C=O) groups excluding carboxylic acids is 2. The molecule has 1 fully saturated rings. The smallest absolute Gasteiger partial charge is 0.339 e. The minimum absolute atomic E-state index is 0.138. The van der Waals surface area contributed by atoms with E-state index in [9.17, 15) is 18.0 Å². The zero-order chi connectivity index (χ0) is 20.3. The number of nitrogens with zero attached hydrogens (tertiary/aromatic N) is 1. The van der Waals surface area contributed by atoms with Crippen LogP contribution < -0.4 is 9.62 Å². The van der Waals surface area contributed by atoms with E-state index in [-0.39, 0.29) is 11.3 Å². The van der Waals surface area contributed by atoms with Crippen LogP contribution in [-0.4, -0.2) is 39.7 Å². The molecule has 148 valence electrons. The summed E-state index contributed by atoms with van der Waals surface area (Å²) >= 11 is 0. The van der Waals surface area contributed by atoms with Crippen molar-refractivity contribution < 1.29 is 22.7 Å². The summed E-state index contributed by atoms with van der Waals surface area (Å²) in [6.07, 6.45) is 1.48. The standard InChI is InChI=1S/C20H22N2O5S/c1-14-13-15(9-10-18(14)22-11-5-6-12-28(22,25)26)19(23)21-17-8-4-3-7-16(17)20(24)27-2/h3-4,7-10,13H,5-6,11-12H2,1-2H3,(H,21,23). The Morgan fingerprint density at radius 2 is 1.86 bits per heavy atom. The van der Waals surface area contributed by atoms with Gasteiger partial charge in [-0.05, 0) is 55.7 Å². The molecule has 2 aromatic rings. The zero-order valence-electron chi connectivity index (χ0n) is 15.8. The SMILES string of the molecule is COC(=O)c1ccccc1NC(=O)c1ccc(N2CCCCS2(=O)=O)c(C)c1. The Kier molecular flexibility index (Phi) is 5.69. The van der Waals surface area contributed by atoms with Crippen molar-refractivity contribution >= 4 is 33.3 Å². The van der Waals surface area contributed by atoms with Crippen LogP contribution in [0.15, 0.2) is 42.5 Å². The van der Waals surface area contributed by atoms with E-state index in [2.05, 4.69) is 5.32 Å². The second kappa shape index (κ2) is 8.02. The van der Waals surface area contributed by atoms with E-state index in [4.69, 9.17) is 4.74 Å². The third-order valence-electron chi connectivity index (χ3n) is 4.66. The lowest BCUT2D eigenvalue weighted by molar-refractivity contribution is 0.0602. The Balaban J connectivity index is 1.85. The molecule has 0 unspecified atom stereocenters. The lowest BCUT2D eigenvalue weighted by atomic mass is 10.1. The van der Waals surface area contributed by atoms with Crippen LogP contribution in [0.2, 0.25) is 0 Å². The average molecular weight is 402 g/mol. The number of nitrogens with one attached hydrogen (secondary N) is 1. The second-order valence-corrected chi connectivity index (χ2v) is 8.60. The Bertz CT molecular complexity index is 1020. The second-order valence-electron chi connectivity index (χ2n) is 6.59. The molecule has 0 aromatic heterocycles. The molecule has 8 heteroatoms. The van der Waals surface area contributed by atoms with Crippen LogP contribution in [0.5, 0.6) is 0 Å². The van der Waals surface area contributed by atoms with E-state index in [1.807, 2.05) is 0 Å². The quantitative estimate of drug-likeness (QED) is 0.794. The summed E-state index contributed by atoms with van der Waals surface area (Å²) in [4.78, 5) is 24.5. The summed E-state index contributed by atoms with van der Waals surface area (Å²) in [7, 11) is -2.04. The first-order valence-corrected chi connectivity index (χ1v) is 10.5. The van der Waals surface area contributed by atoms with E-state index in [1.54, 1.807) is 49.4 Å². The third kappa shape index (κ3) is 4.01. The van der Waals surface area contributed by atoms with Gasteiger partial charge in [0.05, 0.1) is 29.8 Å². The molecular formula is C20H22N2O5S. The number of aryl methyl sites for hydroxylation is 1. The number of sulfonamides is 1. The third-order valence-corrected chi connectivity index (χ3v) is 6.51. The highest BCUT2D eigenvalue weighted by molar-refractivity contribution is 7.92.